The molecule has 0 saturated heterocycles. The SMILES string of the molecule is CCN(C=O)C1(C(=O)O)CCCC(C(C)(C)C)CC1. The quantitative estimate of drug-likeness (QED) is 0.630. The first kappa shape index (κ1) is 16.0. The summed E-state index contributed by atoms with van der Waals surface area (Å²) in [4.78, 5) is 24.4. The molecule has 2 atom stereocenters. The lowest BCUT2D eigenvalue weighted by Gasteiger charge is -2.37. The van der Waals surface area contributed by atoms with E-state index in [1.807, 2.05) is 6.92 Å². The van der Waals surface area contributed by atoms with Crippen molar-refractivity contribution >= 4 is 12.4 Å². The molecule has 110 valence electrons. The lowest BCUT2D eigenvalue weighted by Crippen LogP contribution is -2.53. The molecule has 0 spiro atoms. The van der Waals surface area contributed by atoms with Gasteiger partial charge in [0.1, 0.15) is 5.54 Å². The summed E-state index contributed by atoms with van der Waals surface area (Å²) in [6.07, 6.45) is 4.64. The molecule has 0 aromatic carbocycles. The van der Waals surface area contributed by atoms with Crippen molar-refractivity contribution in [2.24, 2.45) is 11.3 Å². The van der Waals surface area contributed by atoms with Gasteiger partial charge in [-0.3, -0.25) is 4.79 Å². The summed E-state index contributed by atoms with van der Waals surface area (Å²) in [5.41, 5.74) is -0.788. The molecule has 0 aromatic rings. The van der Waals surface area contributed by atoms with Gasteiger partial charge in [0.05, 0.1) is 0 Å². The number of carboxylic acid groups (broad SMARTS) is 1. The molecule has 0 bridgehead atoms. The number of aliphatic carboxylic acids is 1. The highest BCUT2D eigenvalue weighted by molar-refractivity contribution is 5.81. The third-order valence-corrected chi connectivity index (χ3v) is 4.69. The molecule has 2 unspecified atom stereocenters. The first-order valence-corrected chi connectivity index (χ1v) is 7.23. The zero-order valence-corrected chi connectivity index (χ0v) is 12.6. The van der Waals surface area contributed by atoms with Crippen molar-refractivity contribution in [1.29, 1.82) is 0 Å². The Morgan fingerprint density at radius 2 is 2.00 bits per heavy atom. The molecular weight excluding hydrogens is 242 g/mol. The first-order valence-electron chi connectivity index (χ1n) is 7.23. The molecule has 1 N–H and O–H groups in total. The van der Waals surface area contributed by atoms with E-state index in [2.05, 4.69) is 20.8 Å². The molecular formula is C15H27NO3. The second-order valence-corrected chi connectivity index (χ2v) is 6.72. The molecule has 1 fully saturated rings. The van der Waals surface area contributed by atoms with Crippen LogP contribution in [0.3, 0.4) is 0 Å². The zero-order valence-electron chi connectivity index (χ0n) is 12.6. The molecule has 0 aliphatic heterocycles. The van der Waals surface area contributed by atoms with Crippen LogP contribution in [0.5, 0.6) is 0 Å². The molecule has 0 radical (unpaired) electrons. The van der Waals surface area contributed by atoms with Gasteiger partial charge in [0.15, 0.2) is 0 Å². The predicted octanol–water partition coefficient (Wildman–Crippen LogP) is 2.91. The van der Waals surface area contributed by atoms with Crippen LogP contribution in [0.25, 0.3) is 0 Å². The fourth-order valence-electron chi connectivity index (χ4n) is 3.29. The van der Waals surface area contributed by atoms with Crippen LogP contribution in [0.1, 0.15) is 59.8 Å². The Balaban J connectivity index is 2.97. The average Bonchev–Trinajstić information content (AvgIpc) is 2.54. The third kappa shape index (κ3) is 3.28. The van der Waals surface area contributed by atoms with Crippen LogP contribution >= 0.6 is 0 Å². The molecule has 4 heteroatoms. The Morgan fingerprint density at radius 3 is 2.42 bits per heavy atom. The van der Waals surface area contributed by atoms with Gasteiger partial charge < -0.3 is 10.0 Å². The lowest BCUT2D eigenvalue weighted by atomic mass is 9.76. The molecule has 1 amide bonds. The van der Waals surface area contributed by atoms with Gasteiger partial charge in [0.25, 0.3) is 0 Å². The molecule has 1 rings (SSSR count). The number of hydrogen-bond acceptors (Lipinski definition) is 2. The van der Waals surface area contributed by atoms with Gasteiger partial charge in [-0.2, -0.15) is 0 Å². The number of amides is 1. The monoisotopic (exact) mass is 269 g/mol. The molecule has 1 aliphatic rings. The van der Waals surface area contributed by atoms with Gasteiger partial charge in [0, 0.05) is 6.54 Å². The van der Waals surface area contributed by atoms with Gasteiger partial charge in [-0.25, -0.2) is 4.79 Å². The molecule has 1 saturated carbocycles. The van der Waals surface area contributed by atoms with Gasteiger partial charge in [0.2, 0.25) is 6.41 Å². The van der Waals surface area contributed by atoms with Crippen LogP contribution in [-0.4, -0.2) is 34.5 Å². The van der Waals surface area contributed by atoms with Crippen molar-refractivity contribution in [2.45, 2.75) is 65.3 Å². The van der Waals surface area contributed by atoms with E-state index in [-0.39, 0.29) is 5.41 Å². The topological polar surface area (TPSA) is 57.6 Å². The highest BCUT2D eigenvalue weighted by Gasteiger charge is 2.45. The number of rotatable bonds is 4. The van der Waals surface area contributed by atoms with Crippen LogP contribution in [-0.2, 0) is 9.59 Å². The van der Waals surface area contributed by atoms with Crippen LogP contribution in [0.2, 0.25) is 0 Å². The van der Waals surface area contributed by atoms with E-state index in [0.29, 0.717) is 31.7 Å². The molecule has 0 heterocycles. The van der Waals surface area contributed by atoms with E-state index in [1.165, 1.54) is 4.90 Å². The Morgan fingerprint density at radius 1 is 1.37 bits per heavy atom. The van der Waals surface area contributed by atoms with Crippen molar-refractivity contribution in [3.05, 3.63) is 0 Å². The van der Waals surface area contributed by atoms with Crippen molar-refractivity contribution in [3.63, 3.8) is 0 Å². The first-order chi connectivity index (χ1) is 8.78. The fourth-order valence-corrected chi connectivity index (χ4v) is 3.29. The number of likely N-dealkylation sites (N-methyl/N-ethyl adjacent to an activating group) is 1. The molecule has 1 aliphatic carbocycles. The molecule has 4 nitrogen and oxygen atoms in total. The van der Waals surface area contributed by atoms with Crippen LogP contribution < -0.4 is 0 Å². The van der Waals surface area contributed by atoms with Gasteiger partial charge in [-0.15, -0.1) is 0 Å². The minimum absolute atomic E-state index is 0.201. The van der Waals surface area contributed by atoms with Crippen LogP contribution in [0.15, 0.2) is 0 Å². The van der Waals surface area contributed by atoms with Crippen molar-refractivity contribution < 1.29 is 14.7 Å². The molecule has 19 heavy (non-hydrogen) atoms. The summed E-state index contributed by atoms with van der Waals surface area (Å²) in [6.45, 7) is 8.93. The number of carboxylic acids is 1. The van der Waals surface area contributed by atoms with Gasteiger partial charge in [-0.1, -0.05) is 27.2 Å². The lowest BCUT2D eigenvalue weighted by molar-refractivity contribution is -0.156. The van der Waals surface area contributed by atoms with Crippen molar-refractivity contribution in [2.75, 3.05) is 6.54 Å². The normalized spacial score (nSPS) is 28.5. The maximum Gasteiger partial charge on any atom is 0.329 e. The Labute approximate surface area is 116 Å². The minimum Gasteiger partial charge on any atom is -0.479 e. The molecule has 0 aromatic heterocycles. The standard InChI is InChI=1S/C15H27NO3/c1-5-16(11-17)15(13(18)19)9-6-7-12(8-10-15)14(2,3)4/h11-12H,5-10H2,1-4H3,(H,18,19). The summed E-state index contributed by atoms with van der Waals surface area (Å²) in [5.74, 6) is -0.324. The average molecular weight is 269 g/mol. The maximum absolute atomic E-state index is 11.7. The summed E-state index contributed by atoms with van der Waals surface area (Å²) >= 11 is 0. The number of carbonyl (C=O) groups excluding carboxylic acids is 1. The van der Waals surface area contributed by atoms with E-state index >= 15 is 0 Å². The number of nitrogens with zero attached hydrogens (tertiary/aromatic N) is 1. The highest BCUT2D eigenvalue weighted by atomic mass is 16.4. The van der Waals surface area contributed by atoms with E-state index in [4.69, 9.17) is 0 Å². The summed E-state index contributed by atoms with van der Waals surface area (Å²) in [7, 11) is 0. The Hall–Kier alpha value is -1.06. The van der Waals surface area contributed by atoms with Crippen molar-refractivity contribution in [3.8, 4) is 0 Å². The maximum atomic E-state index is 11.7. The summed E-state index contributed by atoms with van der Waals surface area (Å²) in [6, 6.07) is 0. The van der Waals surface area contributed by atoms with Crippen molar-refractivity contribution in [1.82, 2.24) is 4.90 Å². The summed E-state index contributed by atoms with van der Waals surface area (Å²) in [5, 5.41) is 9.63. The smallest absolute Gasteiger partial charge is 0.329 e. The number of carbonyl (C=O) groups is 2. The van der Waals surface area contributed by atoms with Gasteiger partial charge in [-0.05, 0) is 43.9 Å². The second-order valence-electron chi connectivity index (χ2n) is 6.72. The van der Waals surface area contributed by atoms with Gasteiger partial charge >= 0.3 is 5.97 Å². The number of hydrogen-bond donors (Lipinski definition) is 1. The Kier molecular flexibility index (Phi) is 4.99. The largest absolute Gasteiger partial charge is 0.479 e. The fraction of sp³-hybridized carbons (Fsp3) is 0.867. The highest BCUT2D eigenvalue weighted by Crippen LogP contribution is 2.41. The Bertz CT molecular complexity index is 335. The van der Waals surface area contributed by atoms with E-state index in [9.17, 15) is 14.7 Å². The minimum atomic E-state index is -0.990. The van der Waals surface area contributed by atoms with E-state index < -0.39 is 11.5 Å². The second kappa shape index (κ2) is 5.93. The third-order valence-electron chi connectivity index (χ3n) is 4.69. The van der Waals surface area contributed by atoms with Crippen LogP contribution in [0.4, 0.5) is 0 Å². The van der Waals surface area contributed by atoms with E-state index in [1.54, 1.807) is 0 Å². The predicted molar refractivity (Wildman–Crippen MR) is 74.8 cm³/mol. The van der Waals surface area contributed by atoms with E-state index in [0.717, 1.165) is 19.3 Å². The van der Waals surface area contributed by atoms with Crippen LogP contribution in [0, 0.1) is 11.3 Å². The zero-order chi connectivity index (χ0) is 14.7. The summed E-state index contributed by atoms with van der Waals surface area (Å²) < 4.78 is 0.